The Bertz CT molecular complexity index is 473. The number of fused-ring (bicyclic) bond motifs is 1. The van der Waals surface area contributed by atoms with E-state index in [1.54, 1.807) is 0 Å². The summed E-state index contributed by atoms with van der Waals surface area (Å²) < 4.78 is 0. The van der Waals surface area contributed by atoms with Crippen molar-refractivity contribution in [3.63, 3.8) is 0 Å². The van der Waals surface area contributed by atoms with Crippen molar-refractivity contribution < 1.29 is 0 Å². The molecule has 0 saturated heterocycles. The zero-order valence-corrected chi connectivity index (χ0v) is 9.17. The van der Waals surface area contributed by atoms with Gasteiger partial charge in [-0.3, -0.25) is 0 Å². The number of nitrogens with one attached hydrogen (secondary N) is 1. The van der Waals surface area contributed by atoms with Crippen LogP contribution in [0, 0.1) is 0 Å². The Hall–Kier alpha value is -1.42. The summed E-state index contributed by atoms with van der Waals surface area (Å²) in [4.78, 5) is 12.1. The second-order valence-electron chi connectivity index (χ2n) is 3.54. The summed E-state index contributed by atoms with van der Waals surface area (Å²) in [6, 6.07) is 0. The van der Waals surface area contributed by atoms with Gasteiger partial charge in [-0.1, -0.05) is 13.8 Å². The number of hydrogen-bond donors (Lipinski definition) is 2. The molecule has 2 aromatic heterocycles. The summed E-state index contributed by atoms with van der Waals surface area (Å²) in [7, 11) is 0. The number of nitrogens with two attached hydrogens (primary N) is 1. The molecule has 4 heteroatoms. The second kappa shape index (κ2) is 3.98. The molecule has 0 saturated carbocycles. The summed E-state index contributed by atoms with van der Waals surface area (Å²) in [6.45, 7) is 4.70. The number of rotatable bonds is 3. The van der Waals surface area contributed by atoms with Gasteiger partial charge in [-0.15, -0.1) is 0 Å². The molecule has 0 spiro atoms. The van der Waals surface area contributed by atoms with Crippen molar-refractivity contribution >= 4 is 11.0 Å². The molecule has 0 amide bonds. The lowest BCUT2D eigenvalue weighted by Crippen LogP contribution is -2.01. The van der Waals surface area contributed by atoms with Crippen molar-refractivity contribution in [3.05, 3.63) is 23.3 Å². The Labute approximate surface area is 88.9 Å². The van der Waals surface area contributed by atoms with E-state index >= 15 is 0 Å². The molecule has 0 aliphatic heterocycles. The highest BCUT2D eigenvalue weighted by atomic mass is 15.0. The van der Waals surface area contributed by atoms with Crippen molar-refractivity contribution in [2.45, 2.75) is 33.2 Å². The van der Waals surface area contributed by atoms with Crippen LogP contribution in [0.1, 0.15) is 30.9 Å². The van der Waals surface area contributed by atoms with Crippen LogP contribution in [0.5, 0.6) is 0 Å². The zero-order valence-electron chi connectivity index (χ0n) is 9.17. The molecule has 0 unspecified atom stereocenters. The largest absolute Gasteiger partial charge is 0.346 e. The predicted octanol–water partition coefficient (Wildman–Crippen LogP) is 1.54. The highest BCUT2D eigenvalue weighted by Crippen LogP contribution is 2.20. The summed E-state index contributed by atoms with van der Waals surface area (Å²) in [5.41, 5.74) is 8.79. The molecular weight excluding hydrogens is 188 g/mol. The maximum absolute atomic E-state index is 5.68. The molecule has 0 aliphatic carbocycles. The quantitative estimate of drug-likeness (QED) is 0.797. The average molecular weight is 204 g/mol. The minimum absolute atomic E-state index is 0.530. The topological polar surface area (TPSA) is 67.6 Å². The maximum atomic E-state index is 5.68. The fourth-order valence-electron chi connectivity index (χ4n) is 1.80. The van der Waals surface area contributed by atoms with Crippen molar-refractivity contribution in [1.82, 2.24) is 15.0 Å². The van der Waals surface area contributed by atoms with Crippen LogP contribution in [0.15, 0.2) is 6.20 Å². The molecule has 0 atom stereocenters. The minimum atomic E-state index is 0.530. The molecule has 80 valence electrons. The number of nitrogens with zero attached hydrogens (tertiary/aromatic N) is 2. The van der Waals surface area contributed by atoms with Crippen LogP contribution in [0.2, 0.25) is 0 Å². The molecule has 0 aliphatic rings. The van der Waals surface area contributed by atoms with Gasteiger partial charge in [0.05, 0.1) is 5.69 Å². The normalized spacial score (nSPS) is 11.1. The van der Waals surface area contributed by atoms with E-state index in [4.69, 9.17) is 5.73 Å². The fraction of sp³-hybridized carbons (Fsp3) is 0.455. The first kappa shape index (κ1) is 10.1. The second-order valence-corrected chi connectivity index (χ2v) is 3.54. The van der Waals surface area contributed by atoms with Crippen molar-refractivity contribution in [2.75, 3.05) is 0 Å². The number of hydrogen-bond acceptors (Lipinski definition) is 3. The molecule has 4 nitrogen and oxygen atoms in total. The average Bonchev–Trinajstić information content (AvgIpc) is 2.70. The molecule has 0 fully saturated rings. The minimum Gasteiger partial charge on any atom is -0.346 e. The van der Waals surface area contributed by atoms with Crippen LogP contribution < -0.4 is 5.73 Å². The third-order valence-corrected chi connectivity index (χ3v) is 2.61. The van der Waals surface area contributed by atoms with Gasteiger partial charge in [0.25, 0.3) is 0 Å². The van der Waals surface area contributed by atoms with Gasteiger partial charge >= 0.3 is 0 Å². The van der Waals surface area contributed by atoms with E-state index in [1.807, 2.05) is 6.20 Å². The third kappa shape index (κ3) is 1.61. The van der Waals surface area contributed by atoms with Crippen molar-refractivity contribution in [3.8, 4) is 0 Å². The Morgan fingerprint density at radius 2 is 2.07 bits per heavy atom. The summed E-state index contributed by atoms with van der Waals surface area (Å²) in [5, 5.41) is 1.11. The van der Waals surface area contributed by atoms with E-state index in [0.29, 0.717) is 6.54 Å². The van der Waals surface area contributed by atoms with Crippen LogP contribution in [0.25, 0.3) is 11.0 Å². The highest BCUT2D eigenvalue weighted by Gasteiger charge is 2.10. The van der Waals surface area contributed by atoms with Crippen molar-refractivity contribution in [1.29, 1.82) is 0 Å². The molecule has 2 aromatic rings. The monoisotopic (exact) mass is 204 g/mol. The summed E-state index contributed by atoms with van der Waals surface area (Å²) >= 11 is 0. The third-order valence-electron chi connectivity index (χ3n) is 2.61. The van der Waals surface area contributed by atoms with Gasteiger partial charge in [-0.05, 0) is 12.0 Å². The van der Waals surface area contributed by atoms with Gasteiger partial charge in [0.15, 0.2) is 0 Å². The fourth-order valence-corrected chi connectivity index (χ4v) is 1.80. The Kier molecular flexibility index (Phi) is 2.68. The molecule has 2 rings (SSSR count). The first-order chi connectivity index (χ1) is 7.30. The van der Waals surface area contributed by atoms with Crippen LogP contribution in [0.3, 0.4) is 0 Å². The molecule has 0 radical (unpaired) electrons. The molecule has 15 heavy (non-hydrogen) atoms. The van der Waals surface area contributed by atoms with E-state index in [0.717, 1.165) is 41.0 Å². The summed E-state index contributed by atoms with van der Waals surface area (Å²) in [5.74, 6) is 0.893. The van der Waals surface area contributed by atoms with Crippen LogP contribution in [-0.2, 0) is 19.4 Å². The van der Waals surface area contributed by atoms with Gasteiger partial charge in [-0.25, -0.2) is 9.97 Å². The molecule has 2 heterocycles. The number of aromatic nitrogens is 3. The maximum Gasteiger partial charge on any atom is 0.141 e. The standard InChI is InChI=1S/C11H16N4/c1-3-8-10-7(5-12)6-13-11(10)15-9(4-2)14-8/h6H,3-5,12H2,1-2H3,(H,13,14,15). The van der Waals surface area contributed by atoms with E-state index in [1.165, 1.54) is 0 Å². The number of aromatic amines is 1. The van der Waals surface area contributed by atoms with Gasteiger partial charge in [0, 0.05) is 24.5 Å². The molecule has 3 N–H and O–H groups in total. The number of H-pyrrole nitrogens is 1. The van der Waals surface area contributed by atoms with Crippen LogP contribution in [-0.4, -0.2) is 15.0 Å². The molecular formula is C11H16N4. The number of aryl methyl sites for hydroxylation is 2. The van der Waals surface area contributed by atoms with E-state index in [2.05, 4.69) is 28.8 Å². The van der Waals surface area contributed by atoms with Gasteiger partial charge in [0.2, 0.25) is 0 Å². The zero-order chi connectivity index (χ0) is 10.8. The van der Waals surface area contributed by atoms with Crippen molar-refractivity contribution in [2.24, 2.45) is 5.73 Å². The Morgan fingerprint density at radius 1 is 1.27 bits per heavy atom. The van der Waals surface area contributed by atoms with Gasteiger partial charge in [0.1, 0.15) is 11.5 Å². The summed E-state index contributed by atoms with van der Waals surface area (Å²) in [6.07, 6.45) is 3.70. The SMILES string of the molecule is CCc1nc(CC)c2c(CN)c[nH]c2n1. The van der Waals surface area contributed by atoms with Crippen LogP contribution in [0.4, 0.5) is 0 Å². The lowest BCUT2D eigenvalue weighted by molar-refractivity contribution is 0.907. The van der Waals surface area contributed by atoms with Gasteiger partial charge in [-0.2, -0.15) is 0 Å². The lowest BCUT2D eigenvalue weighted by Gasteiger charge is -2.03. The Morgan fingerprint density at radius 3 is 2.67 bits per heavy atom. The Balaban J connectivity index is 2.72. The van der Waals surface area contributed by atoms with Gasteiger partial charge < -0.3 is 10.7 Å². The molecule has 0 bridgehead atoms. The highest BCUT2D eigenvalue weighted by molar-refractivity contribution is 5.82. The lowest BCUT2D eigenvalue weighted by atomic mass is 10.1. The van der Waals surface area contributed by atoms with E-state index in [-0.39, 0.29) is 0 Å². The smallest absolute Gasteiger partial charge is 0.141 e. The van der Waals surface area contributed by atoms with Crippen LogP contribution >= 0.6 is 0 Å². The molecule has 0 aromatic carbocycles. The first-order valence-corrected chi connectivity index (χ1v) is 5.35. The van der Waals surface area contributed by atoms with E-state index < -0.39 is 0 Å². The first-order valence-electron chi connectivity index (χ1n) is 5.35. The van der Waals surface area contributed by atoms with E-state index in [9.17, 15) is 0 Å². The predicted molar refractivity (Wildman–Crippen MR) is 60.5 cm³/mol.